The van der Waals surface area contributed by atoms with E-state index in [9.17, 15) is 9.59 Å². The molecule has 124 valence electrons. The topological polar surface area (TPSA) is 46.6 Å². The minimum atomic E-state index is -0.331. The van der Waals surface area contributed by atoms with Crippen molar-refractivity contribution >= 4 is 29.3 Å². The molecule has 4 nitrogen and oxygen atoms in total. The molecule has 0 radical (unpaired) electrons. The zero-order valence-electron chi connectivity index (χ0n) is 13.5. The quantitative estimate of drug-likeness (QED) is 0.615. The van der Waals surface area contributed by atoms with Gasteiger partial charge >= 0.3 is 5.97 Å². The van der Waals surface area contributed by atoms with Crippen LogP contribution in [0, 0.1) is 0 Å². The van der Waals surface area contributed by atoms with Gasteiger partial charge in [-0.1, -0.05) is 31.2 Å². The number of thioether (sulfide) groups is 1. The number of rotatable bonds is 5. The predicted octanol–water partition coefficient (Wildman–Crippen LogP) is 3.68. The number of carbonyl (C=O) groups excluding carboxylic acids is 2. The Morgan fingerprint density at radius 2 is 1.92 bits per heavy atom. The maximum Gasteiger partial charge on any atom is 0.312 e. The lowest BCUT2D eigenvalue weighted by molar-refractivity contribution is -0.134. The molecule has 0 fully saturated rings. The van der Waals surface area contributed by atoms with Gasteiger partial charge in [-0.05, 0) is 36.2 Å². The molecular formula is C19H19NO3S. The molecule has 3 rings (SSSR count). The number of aryl methyl sites for hydroxylation is 1. The number of nitrogens with zero attached hydrogens (tertiary/aromatic N) is 1. The van der Waals surface area contributed by atoms with Crippen LogP contribution in [0.25, 0.3) is 0 Å². The van der Waals surface area contributed by atoms with Gasteiger partial charge in [-0.3, -0.25) is 9.59 Å². The summed E-state index contributed by atoms with van der Waals surface area (Å²) in [4.78, 5) is 27.0. The number of anilines is 1. The third kappa shape index (κ3) is 3.79. The first-order valence-electron chi connectivity index (χ1n) is 7.99. The van der Waals surface area contributed by atoms with E-state index in [1.165, 1.54) is 17.3 Å². The smallest absolute Gasteiger partial charge is 0.312 e. The highest BCUT2D eigenvalue weighted by Gasteiger charge is 2.24. The molecule has 0 spiro atoms. The summed E-state index contributed by atoms with van der Waals surface area (Å²) in [6.07, 6.45) is 1.11. The average molecular weight is 341 g/mol. The minimum Gasteiger partial charge on any atom is -0.426 e. The average Bonchev–Trinajstić information content (AvgIpc) is 2.61. The van der Waals surface area contributed by atoms with Crippen LogP contribution in [0.15, 0.2) is 53.4 Å². The lowest BCUT2D eigenvalue weighted by atomic mass is 10.2. The fourth-order valence-corrected chi connectivity index (χ4v) is 3.51. The molecule has 0 unspecified atom stereocenters. The molecule has 0 saturated carbocycles. The number of para-hydroxylation sites is 1. The Kier molecular flexibility index (Phi) is 5.20. The van der Waals surface area contributed by atoms with Gasteiger partial charge in [0.1, 0.15) is 5.75 Å². The van der Waals surface area contributed by atoms with E-state index in [4.69, 9.17) is 4.74 Å². The number of fused-ring (bicyclic) bond motifs is 1. The van der Waals surface area contributed by atoms with Crippen molar-refractivity contribution < 1.29 is 14.3 Å². The molecule has 0 N–H and O–H groups in total. The molecule has 5 heteroatoms. The third-order valence-electron chi connectivity index (χ3n) is 3.91. The first-order valence-corrected chi connectivity index (χ1v) is 8.97. The third-order valence-corrected chi connectivity index (χ3v) is 4.96. The Hall–Kier alpha value is -2.27. The Balaban J connectivity index is 1.60. The number of hydrogen-bond donors (Lipinski definition) is 0. The second-order valence-electron chi connectivity index (χ2n) is 5.52. The summed E-state index contributed by atoms with van der Waals surface area (Å²) in [5, 5.41) is 0. The van der Waals surface area contributed by atoms with Crippen molar-refractivity contribution in [3.63, 3.8) is 0 Å². The number of esters is 1. The molecule has 1 aliphatic heterocycles. The van der Waals surface area contributed by atoms with Crippen LogP contribution < -0.4 is 9.64 Å². The molecule has 0 bridgehead atoms. The molecule has 2 aromatic rings. The zero-order chi connectivity index (χ0) is 16.9. The van der Waals surface area contributed by atoms with E-state index in [0.717, 1.165) is 17.0 Å². The van der Waals surface area contributed by atoms with Crippen molar-refractivity contribution in [1.29, 1.82) is 0 Å². The summed E-state index contributed by atoms with van der Waals surface area (Å²) in [5.74, 6) is 0.643. The maximum atomic E-state index is 12.2. The largest absolute Gasteiger partial charge is 0.426 e. The van der Waals surface area contributed by atoms with Crippen LogP contribution in [-0.2, 0) is 16.0 Å². The molecule has 2 aromatic carbocycles. The van der Waals surface area contributed by atoms with Gasteiger partial charge in [0, 0.05) is 11.4 Å². The predicted molar refractivity (Wildman–Crippen MR) is 95.6 cm³/mol. The summed E-state index contributed by atoms with van der Waals surface area (Å²) < 4.78 is 5.35. The zero-order valence-corrected chi connectivity index (χ0v) is 14.3. The van der Waals surface area contributed by atoms with Crippen molar-refractivity contribution in [1.82, 2.24) is 0 Å². The Bertz CT molecular complexity index is 743. The van der Waals surface area contributed by atoms with Crippen molar-refractivity contribution in [3.05, 3.63) is 54.1 Å². The number of ether oxygens (including phenoxy) is 1. The second-order valence-corrected chi connectivity index (χ2v) is 6.54. The first kappa shape index (κ1) is 16.6. The van der Waals surface area contributed by atoms with Crippen molar-refractivity contribution in [2.24, 2.45) is 0 Å². The first-order chi connectivity index (χ1) is 11.7. The van der Waals surface area contributed by atoms with Gasteiger partial charge in [0.2, 0.25) is 5.91 Å². The van der Waals surface area contributed by atoms with Gasteiger partial charge in [0.15, 0.2) is 0 Å². The highest BCUT2D eigenvalue weighted by molar-refractivity contribution is 8.00. The standard InChI is InChI=1S/C19H19NO3S/c1-2-14-7-9-15(10-8-14)23-19(22)11-12-20-16-5-3-4-6-17(16)24-13-18(20)21/h3-10H,2,11-13H2,1H3. The van der Waals surface area contributed by atoms with Crippen molar-refractivity contribution in [3.8, 4) is 5.75 Å². The van der Waals surface area contributed by atoms with Gasteiger partial charge < -0.3 is 9.64 Å². The van der Waals surface area contributed by atoms with E-state index < -0.39 is 0 Å². The van der Waals surface area contributed by atoms with Crippen LogP contribution in [0.5, 0.6) is 5.75 Å². The number of benzene rings is 2. The van der Waals surface area contributed by atoms with Gasteiger partial charge in [-0.25, -0.2) is 0 Å². The van der Waals surface area contributed by atoms with Crippen LogP contribution in [-0.4, -0.2) is 24.2 Å². The monoisotopic (exact) mass is 341 g/mol. The lowest BCUT2D eigenvalue weighted by Gasteiger charge is -2.28. The molecule has 0 aliphatic carbocycles. The Labute approximate surface area is 145 Å². The normalized spacial score (nSPS) is 13.5. The molecule has 1 aliphatic rings. The van der Waals surface area contributed by atoms with E-state index >= 15 is 0 Å². The van der Waals surface area contributed by atoms with Gasteiger partial charge in [0.25, 0.3) is 0 Å². The molecule has 1 amide bonds. The highest BCUT2D eigenvalue weighted by Crippen LogP contribution is 2.34. The summed E-state index contributed by atoms with van der Waals surface area (Å²) in [6, 6.07) is 15.3. The van der Waals surface area contributed by atoms with Crippen molar-refractivity contribution in [2.45, 2.75) is 24.7 Å². The number of hydrogen-bond acceptors (Lipinski definition) is 4. The van der Waals surface area contributed by atoms with Gasteiger partial charge in [0.05, 0.1) is 17.9 Å². The fraction of sp³-hybridized carbons (Fsp3) is 0.263. The van der Waals surface area contributed by atoms with Gasteiger partial charge in [-0.15, -0.1) is 11.8 Å². The summed E-state index contributed by atoms with van der Waals surface area (Å²) in [7, 11) is 0. The SMILES string of the molecule is CCc1ccc(OC(=O)CCN2C(=O)CSc3ccccc32)cc1. The summed E-state index contributed by atoms with van der Waals surface area (Å²) in [6.45, 7) is 2.41. The van der Waals surface area contributed by atoms with Crippen LogP contribution in [0.1, 0.15) is 18.9 Å². The van der Waals surface area contributed by atoms with E-state index in [1.54, 1.807) is 17.0 Å². The van der Waals surface area contributed by atoms with Crippen LogP contribution in [0.4, 0.5) is 5.69 Å². The fourth-order valence-electron chi connectivity index (χ4n) is 2.58. The molecule has 0 atom stereocenters. The molecular weight excluding hydrogens is 322 g/mol. The Morgan fingerprint density at radius 1 is 1.17 bits per heavy atom. The van der Waals surface area contributed by atoms with Crippen molar-refractivity contribution in [2.75, 3.05) is 17.2 Å². The highest BCUT2D eigenvalue weighted by atomic mass is 32.2. The summed E-state index contributed by atoms with van der Waals surface area (Å²) in [5.41, 5.74) is 2.07. The number of amides is 1. The summed E-state index contributed by atoms with van der Waals surface area (Å²) >= 11 is 1.53. The van der Waals surface area contributed by atoms with E-state index in [-0.39, 0.29) is 18.3 Å². The van der Waals surface area contributed by atoms with Crippen LogP contribution in [0.3, 0.4) is 0 Å². The second kappa shape index (κ2) is 7.53. The maximum absolute atomic E-state index is 12.2. The molecule has 1 heterocycles. The molecule has 24 heavy (non-hydrogen) atoms. The Morgan fingerprint density at radius 3 is 2.67 bits per heavy atom. The molecule has 0 aromatic heterocycles. The van der Waals surface area contributed by atoms with Gasteiger partial charge in [-0.2, -0.15) is 0 Å². The number of carbonyl (C=O) groups is 2. The van der Waals surface area contributed by atoms with Crippen LogP contribution in [0.2, 0.25) is 0 Å². The van der Waals surface area contributed by atoms with E-state index in [1.807, 2.05) is 36.4 Å². The van der Waals surface area contributed by atoms with Crippen LogP contribution >= 0.6 is 11.8 Å². The lowest BCUT2D eigenvalue weighted by Crippen LogP contribution is -2.37. The molecule has 0 saturated heterocycles. The van der Waals surface area contributed by atoms with E-state index in [2.05, 4.69) is 6.92 Å². The van der Waals surface area contributed by atoms with E-state index in [0.29, 0.717) is 18.0 Å². The minimum absolute atomic E-state index is 0.0267.